The fourth-order valence-electron chi connectivity index (χ4n) is 3.97. The van der Waals surface area contributed by atoms with Gasteiger partial charge in [0.1, 0.15) is 10.9 Å². The van der Waals surface area contributed by atoms with Gasteiger partial charge in [-0.25, -0.2) is 14.6 Å². The van der Waals surface area contributed by atoms with E-state index in [0.29, 0.717) is 22.1 Å². The van der Waals surface area contributed by atoms with Crippen molar-refractivity contribution in [2.24, 2.45) is 5.92 Å². The summed E-state index contributed by atoms with van der Waals surface area (Å²) in [6, 6.07) is 7.91. The maximum Gasteiger partial charge on any atom is 0.225 e. The molecule has 1 amide bonds. The molecule has 1 fully saturated rings. The zero-order valence-electron chi connectivity index (χ0n) is 16.7. The molecule has 1 aliphatic carbocycles. The summed E-state index contributed by atoms with van der Waals surface area (Å²) in [6.45, 7) is 0. The van der Waals surface area contributed by atoms with Crippen LogP contribution in [0.2, 0.25) is 0 Å². The van der Waals surface area contributed by atoms with E-state index in [2.05, 4.69) is 41.6 Å². The first kappa shape index (κ1) is 19.7. The highest BCUT2D eigenvalue weighted by Crippen LogP contribution is 2.29. The molecular formula is C21H20BrN7O2. The van der Waals surface area contributed by atoms with Gasteiger partial charge in [0, 0.05) is 30.8 Å². The minimum atomic E-state index is 0.0352. The van der Waals surface area contributed by atoms with Crippen LogP contribution in [0.5, 0.6) is 0 Å². The van der Waals surface area contributed by atoms with E-state index in [9.17, 15) is 4.79 Å². The summed E-state index contributed by atoms with van der Waals surface area (Å²) in [5.41, 5.74) is 2.43. The summed E-state index contributed by atoms with van der Waals surface area (Å²) in [5, 5.41) is 11.5. The third kappa shape index (κ3) is 3.78. The first-order valence-electron chi connectivity index (χ1n) is 10.0. The smallest absolute Gasteiger partial charge is 0.225 e. The van der Waals surface area contributed by atoms with Crippen LogP contribution in [0.1, 0.15) is 19.3 Å². The standard InChI is InChI=1S/C21H20BrN7O2/c1-23-19(30)13-2-5-14(10-13)26-21-25-11-16-17(22)28-29(18(16)27-21)15-6-3-12(4-7-15)20-24-8-9-31-20/h3-4,6-9,11,13-14H,2,5,10H2,1H3,(H,23,30)(H,25,26,27)/t13-,14-/m1/s1. The van der Waals surface area contributed by atoms with Gasteiger partial charge in [0.2, 0.25) is 17.7 Å². The lowest BCUT2D eigenvalue weighted by Crippen LogP contribution is -2.27. The number of benzene rings is 1. The Kier molecular flexibility index (Phi) is 5.14. The number of carbonyl (C=O) groups excluding carboxylic acids is 1. The zero-order valence-corrected chi connectivity index (χ0v) is 18.3. The van der Waals surface area contributed by atoms with Gasteiger partial charge >= 0.3 is 0 Å². The molecular weight excluding hydrogens is 462 g/mol. The fraction of sp³-hybridized carbons (Fsp3) is 0.286. The van der Waals surface area contributed by atoms with Crippen LogP contribution in [0, 0.1) is 5.92 Å². The molecule has 4 aromatic rings. The molecule has 31 heavy (non-hydrogen) atoms. The van der Waals surface area contributed by atoms with E-state index in [0.717, 1.165) is 35.9 Å². The lowest BCUT2D eigenvalue weighted by atomic mass is 10.1. The Hall–Kier alpha value is -3.27. The van der Waals surface area contributed by atoms with Gasteiger partial charge in [-0.3, -0.25) is 4.79 Å². The normalized spacial score (nSPS) is 18.4. The number of fused-ring (bicyclic) bond motifs is 1. The molecule has 9 nitrogen and oxygen atoms in total. The molecule has 0 spiro atoms. The Morgan fingerprint density at radius 3 is 2.81 bits per heavy atom. The van der Waals surface area contributed by atoms with Crippen LogP contribution in [0.3, 0.4) is 0 Å². The maximum atomic E-state index is 11.9. The SMILES string of the molecule is CNC(=O)[C@@H]1CC[C@@H](Nc2ncc3c(Br)nn(-c4ccc(-c5ncco5)cc4)c3n2)C1. The third-order valence-electron chi connectivity index (χ3n) is 5.55. The Morgan fingerprint density at radius 2 is 2.06 bits per heavy atom. The Labute approximate surface area is 186 Å². The summed E-state index contributed by atoms with van der Waals surface area (Å²) in [5.74, 6) is 1.22. The average molecular weight is 482 g/mol. The monoisotopic (exact) mass is 481 g/mol. The van der Waals surface area contributed by atoms with Crippen LogP contribution in [0.25, 0.3) is 28.2 Å². The average Bonchev–Trinajstić information content (AvgIpc) is 3.54. The van der Waals surface area contributed by atoms with E-state index in [1.165, 1.54) is 0 Å². The molecule has 10 heteroatoms. The molecule has 1 aliphatic rings. The number of hydrogen-bond donors (Lipinski definition) is 2. The second-order valence-corrected chi connectivity index (χ2v) is 8.23. The number of rotatable bonds is 5. The van der Waals surface area contributed by atoms with E-state index in [4.69, 9.17) is 9.40 Å². The van der Waals surface area contributed by atoms with Gasteiger partial charge in [0.15, 0.2) is 5.65 Å². The topological polar surface area (TPSA) is 111 Å². The van der Waals surface area contributed by atoms with E-state index in [1.54, 1.807) is 30.4 Å². The van der Waals surface area contributed by atoms with Crippen molar-refractivity contribution >= 4 is 38.8 Å². The molecule has 0 aliphatic heterocycles. The molecule has 1 saturated carbocycles. The molecule has 5 rings (SSSR count). The largest absolute Gasteiger partial charge is 0.445 e. The van der Waals surface area contributed by atoms with Gasteiger partial charge in [-0.15, -0.1) is 0 Å². The van der Waals surface area contributed by atoms with E-state index >= 15 is 0 Å². The third-order valence-corrected chi connectivity index (χ3v) is 6.14. The number of amides is 1. The van der Waals surface area contributed by atoms with E-state index in [1.807, 2.05) is 24.3 Å². The summed E-state index contributed by atoms with van der Waals surface area (Å²) in [7, 11) is 1.68. The van der Waals surface area contributed by atoms with E-state index < -0.39 is 0 Å². The zero-order chi connectivity index (χ0) is 21.4. The van der Waals surface area contributed by atoms with Crippen molar-refractivity contribution in [3.05, 3.63) is 47.5 Å². The lowest BCUT2D eigenvalue weighted by Gasteiger charge is -2.13. The number of aromatic nitrogens is 5. The lowest BCUT2D eigenvalue weighted by molar-refractivity contribution is -0.124. The van der Waals surface area contributed by atoms with Crippen LogP contribution >= 0.6 is 15.9 Å². The number of hydrogen-bond acceptors (Lipinski definition) is 7. The molecule has 3 heterocycles. The van der Waals surface area contributed by atoms with Crippen LogP contribution in [0.4, 0.5) is 5.95 Å². The number of anilines is 1. The Morgan fingerprint density at radius 1 is 1.23 bits per heavy atom. The molecule has 2 N–H and O–H groups in total. The Bertz CT molecular complexity index is 1220. The summed E-state index contributed by atoms with van der Waals surface area (Å²) >= 11 is 3.50. The molecule has 0 radical (unpaired) electrons. The van der Waals surface area contributed by atoms with Crippen molar-refractivity contribution in [1.82, 2.24) is 30.0 Å². The second kappa shape index (κ2) is 8.10. The molecule has 3 aromatic heterocycles. The van der Waals surface area contributed by atoms with Crippen molar-refractivity contribution in [3.8, 4) is 17.1 Å². The van der Waals surface area contributed by atoms with Crippen LogP contribution in [0.15, 0.2) is 51.9 Å². The molecule has 0 unspecified atom stereocenters. The highest BCUT2D eigenvalue weighted by Gasteiger charge is 2.29. The maximum absolute atomic E-state index is 11.9. The fourth-order valence-corrected chi connectivity index (χ4v) is 4.41. The number of nitrogens with zero attached hydrogens (tertiary/aromatic N) is 5. The summed E-state index contributed by atoms with van der Waals surface area (Å²) in [6.07, 6.45) is 7.46. The predicted octanol–water partition coefficient (Wildman–Crippen LogP) is 3.56. The summed E-state index contributed by atoms with van der Waals surface area (Å²) in [4.78, 5) is 25.2. The summed E-state index contributed by atoms with van der Waals surface area (Å²) < 4.78 is 7.80. The molecule has 0 bridgehead atoms. The van der Waals surface area contributed by atoms with Crippen molar-refractivity contribution in [2.75, 3.05) is 12.4 Å². The van der Waals surface area contributed by atoms with Crippen LogP contribution in [-0.2, 0) is 4.79 Å². The van der Waals surface area contributed by atoms with Crippen LogP contribution < -0.4 is 10.6 Å². The number of halogens is 1. The predicted molar refractivity (Wildman–Crippen MR) is 119 cm³/mol. The number of oxazole rings is 1. The van der Waals surface area contributed by atoms with Gasteiger partial charge in [0.05, 0.1) is 17.3 Å². The van der Waals surface area contributed by atoms with Gasteiger partial charge in [-0.05, 0) is 59.5 Å². The number of nitrogens with one attached hydrogen (secondary N) is 2. The van der Waals surface area contributed by atoms with Gasteiger partial charge in [0.25, 0.3) is 0 Å². The minimum absolute atomic E-state index is 0.0352. The Balaban J connectivity index is 1.41. The first-order valence-corrected chi connectivity index (χ1v) is 10.8. The highest BCUT2D eigenvalue weighted by molar-refractivity contribution is 9.10. The van der Waals surface area contributed by atoms with Gasteiger partial charge < -0.3 is 15.1 Å². The second-order valence-electron chi connectivity index (χ2n) is 7.48. The van der Waals surface area contributed by atoms with Crippen LogP contribution in [-0.4, -0.2) is 43.7 Å². The van der Waals surface area contributed by atoms with Crippen molar-refractivity contribution in [1.29, 1.82) is 0 Å². The van der Waals surface area contributed by atoms with Gasteiger partial charge in [-0.1, -0.05) is 0 Å². The molecule has 158 valence electrons. The van der Waals surface area contributed by atoms with Gasteiger partial charge in [-0.2, -0.15) is 10.1 Å². The first-order chi connectivity index (χ1) is 15.1. The van der Waals surface area contributed by atoms with Crippen molar-refractivity contribution < 1.29 is 9.21 Å². The van der Waals surface area contributed by atoms with E-state index in [-0.39, 0.29) is 17.9 Å². The van der Waals surface area contributed by atoms with Crippen molar-refractivity contribution in [2.45, 2.75) is 25.3 Å². The minimum Gasteiger partial charge on any atom is -0.445 e. The molecule has 2 atom stereocenters. The molecule has 1 aromatic carbocycles. The molecule has 0 saturated heterocycles. The number of carbonyl (C=O) groups is 1. The highest BCUT2D eigenvalue weighted by atomic mass is 79.9. The van der Waals surface area contributed by atoms with Crippen molar-refractivity contribution in [3.63, 3.8) is 0 Å². The quantitative estimate of drug-likeness (QED) is 0.448.